The van der Waals surface area contributed by atoms with Gasteiger partial charge in [0.25, 0.3) is 0 Å². The first kappa shape index (κ1) is 19.8. The number of aliphatic hydroxyl groups is 1. The molecule has 0 radical (unpaired) electrons. The van der Waals surface area contributed by atoms with Gasteiger partial charge in [0, 0.05) is 16.6 Å². The molecule has 0 saturated heterocycles. The minimum Gasteiger partial charge on any atom is -0.506 e. The summed E-state index contributed by atoms with van der Waals surface area (Å²) < 4.78 is 42.4. The summed E-state index contributed by atoms with van der Waals surface area (Å²) >= 11 is 6.03. The zero-order valence-electron chi connectivity index (χ0n) is 15.4. The highest BCUT2D eigenvalue weighted by molar-refractivity contribution is 6.32. The van der Waals surface area contributed by atoms with Crippen molar-refractivity contribution in [2.45, 2.75) is 43.5 Å². The van der Waals surface area contributed by atoms with Crippen LogP contribution in [-0.2, 0) is 0 Å². The van der Waals surface area contributed by atoms with Crippen molar-refractivity contribution in [1.29, 1.82) is 0 Å². The summed E-state index contributed by atoms with van der Waals surface area (Å²) in [7, 11) is 0. The molecule has 0 aliphatic heterocycles. The van der Waals surface area contributed by atoms with Crippen LogP contribution in [0.4, 0.5) is 18.9 Å². The van der Waals surface area contributed by atoms with Crippen LogP contribution in [0, 0.1) is 0 Å². The Hall–Kier alpha value is -2.45. The van der Waals surface area contributed by atoms with Crippen LogP contribution >= 0.6 is 11.6 Å². The van der Waals surface area contributed by atoms with E-state index in [1.54, 1.807) is 25.1 Å². The molecule has 1 heterocycles. The fourth-order valence-corrected chi connectivity index (χ4v) is 4.37. The van der Waals surface area contributed by atoms with Crippen molar-refractivity contribution in [3.05, 3.63) is 52.7 Å². The topological polar surface area (TPSA) is 81.2 Å². The number of aromatic nitrogens is 2. The zero-order chi connectivity index (χ0) is 21.0. The van der Waals surface area contributed by atoms with Gasteiger partial charge in [-0.3, -0.25) is 5.10 Å². The Kier molecular flexibility index (Phi) is 4.66. The summed E-state index contributed by atoms with van der Waals surface area (Å²) in [6.07, 6.45) is -3.67. The van der Waals surface area contributed by atoms with Crippen LogP contribution in [0.15, 0.2) is 36.5 Å². The Morgan fingerprint density at radius 1 is 1.31 bits per heavy atom. The predicted molar refractivity (Wildman–Crippen MR) is 104 cm³/mol. The highest BCUT2D eigenvalue weighted by atomic mass is 35.5. The molecular formula is C20H19ClF3N3O2. The van der Waals surface area contributed by atoms with E-state index >= 15 is 0 Å². The van der Waals surface area contributed by atoms with Crippen molar-refractivity contribution >= 4 is 28.2 Å². The van der Waals surface area contributed by atoms with E-state index in [9.17, 15) is 23.4 Å². The lowest BCUT2D eigenvalue weighted by Gasteiger charge is -2.46. The summed E-state index contributed by atoms with van der Waals surface area (Å²) in [4.78, 5) is 0. The molecule has 0 saturated carbocycles. The highest BCUT2D eigenvalue weighted by Gasteiger charge is 2.62. The Morgan fingerprint density at radius 2 is 2.07 bits per heavy atom. The fourth-order valence-electron chi connectivity index (χ4n) is 4.21. The smallest absolute Gasteiger partial charge is 0.419 e. The van der Waals surface area contributed by atoms with Gasteiger partial charge in [-0.1, -0.05) is 30.7 Å². The molecular weight excluding hydrogens is 407 g/mol. The summed E-state index contributed by atoms with van der Waals surface area (Å²) in [6.45, 7) is 1.71. The van der Waals surface area contributed by atoms with Gasteiger partial charge in [0.2, 0.25) is 0 Å². The normalized spacial score (nSPS) is 24.5. The van der Waals surface area contributed by atoms with E-state index < -0.39 is 30.2 Å². The first-order valence-electron chi connectivity index (χ1n) is 9.16. The number of halogens is 4. The van der Waals surface area contributed by atoms with Crippen molar-refractivity contribution in [2.75, 3.05) is 5.32 Å². The van der Waals surface area contributed by atoms with Crippen LogP contribution in [0.1, 0.15) is 42.9 Å². The highest BCUT2D eigenvalue weighted by Crippen LogP contribution is 2.56. The second kappa shape index (κ2) is 6.81. The molecule has 0 unspecified atom stereocenters. The maximum atomic E-state index is 14.1. The number of aromatic amines is 1. The second-order valence-electron chi connectivity index (χ2n) is 7.34. The van der Waals surface area contributed by atoms with Crippen LogP contribution in [0.25, 0.3) is 10.9 Å². The molecule has 0 amide bonds. The summed E-state index contributed by atoms with van der Waals surface area (Å²) in [5.41, 5.74) is -1.49. The minimum absolute atomic E-state index is 0.0651. The lowest BCUT2D eigenvalue weighted by atomic mass is 9.69. The first-order chi connectivity index (χ1) is 13.7. The van der Waals surface area contributed by atoms with Gasteiger partial charge in [0.1, 0.15) is 5.75 Å². The number of H-pyrrole nitrogens is 1. The standard InChI is InChI=1S/C20H19ClF3N3O2/c1-2-10-8-19(29,20(22,23)24)18(11-6-7-13(21)17(28)16(10)11)26-14-4-3-5-15-12(14)9-25-27-15/h3-7,9-10,18,26,28-29H,2,8H2,1H3,(H,25,27)/t10-,18-,19+/m0/s1. The Morgan fingerprint density at radius 3 is 2.76 bits per heavy atom. The SMILES string of the molecule is CC[C@H]1C[C@](O)(C(F)(F)F)[C@@H](Nc2cccc3[nH]ncc23)c2ccc(Cl)c(O)c21. The molecule has 0 spiro atoms. The maximum absolute atomic E-state index is 14.1. The van der Waals surface area contributed by atoms with Crippen molar-refractivity contribution in [3.63, 3.8) is 0 Å². The van der Waals surface area contributed by atoms with E-state index in [0.29, 0.717) is 28.6 Å². The van der Waals surface area contributed by atoms with Crippen molar-refractivity contribution < 1.29 is 23.4 Å². The van der Waals surface area contributed by atoms with Gasteiger partial charge in [-0.15, -0.1) is 0 Å². The lowest BCUT2D eigenvalue weighted by Crippen LogP contribution is -2.55. The van der Waals surface area contributed by atoms with Gasteiger partial charge in [-0.25, -0.2) is 0 Å². The van der Waals surface area contributed by atoms with Gasteiger partial charge < -0.3 is 15.5 Å². The number of phenols is 1. The second-order valence-corrected chi connectivity index (χ2v) is 7.75. The van der Waals surface area contributed by atoms with Gasteiger partial charge in [-0.2, -0.15) is 18.3 Å². The summed E-state index contributed by atoms with van der Waals surface area (Å²) in [6, 6.07) is 6.28. The monoisotopic (exact) mass is 425 g/mol. The third kappa shape index (κ3) is 3.02. The van der Waals surface area contributed by atoms with Crippen molar-refractivity contribution in [3.8, 4) is 5.75 Å². The van der Waals surface area contributed by atoms with E-state index in [1.165, 1.54) is 18.3 Å². The summed E-state index contributed by atoms with van der Waals surface area (Å²) in [5.74, 6) is -0.938. The molecule has 3 atom stereocenters. The average molecular weight is 426 g/mol. The molecule has 5 nitrogen and oxygen atoms in total. The molecule has 1 aromatic heterocycles. The third-order valence-corrected chi connectivity index (χ3v) is 6.03. The number of benzene rings is 2. The van der Waals surface area contributed by atoms with E-state index in [2.05, 4.69) is 15.5 Å². The molecule has 9 heteroatoms. The number of fused-ring (bicyclic) bond motifs is 2. The quantitative estimate of drug-likeness (QED) is 0.461. The minimum atomic E-state index is -4.89. The molecule has 0 fully saturated rings. The van der Waals surface area contributed by atoms with Crippen molar-refractivity contribution in [2.24, 2.45) is 0 Å². The number of aromatic hydroxyl groups is 1. The number of hydrogen-bond donors (Lipinski definition) is 4. The molecule has 154 valence electrons. The largest absolute Gasteiger partial charge is 0.506 e. The van der Waals surface area contributed by atoms with Crippen LogP contribution in [0.3, 0.4) is 0 Å². The molecule has 2 aromatic carbocycles. The molecule has 4 rings (SSSR count). The maximum Gasteiger partial charge on any atom is 0.419 e. The van der Waals surface area contributed by atoms with E-state index in [1.807, 2.05) is 0 Å². The molecule has 1 aliphatic carbocycles. The molecule has 0 bridgehead atoms. The number of alkyl halides is 3. The molecule has 4 N–H and O–H groups in total. The predicted octanol–water partition coefficient (Wildman–Crippen LogP) is 5.27. The molecule has 1 aliphatic rings. The number of anilines is 1. The Labute approximate surface area is 169 Å². The van der Waals surface area contributed by atoms with E-state index in [0.717, 1.165) is 0 Å². The van der Waals surface area contributed by atoms with Gasteiger partial charge in [-0.05, 0) is 42.5 Å². The van der Waals surface area contributed by atoms with Crippen LogP contribution < -0.4 is 5.32 Å². The number of nitrogens with one attached hydrogen (secondary N) is 2. The van der Waals surface area contributed by atoms with Gasteiger partial charge in [0.05, 0.1) is 22.8 Å². The van der Waals surface area contributed by atoms with E-state index in [-0.39, 0.29) is 16.3 Å². The van der Waals surface area contributed by atoms with Crippen molar-refractivity contribution in [1.82, 2.24) is 10.2 Å². The Bertz CT molecular complexity index is 1070. The lowest BCUT2D eigenvalue weighted by molar-refractivity contribution is -0.272. The third-order valence-electron chi connectivity index (χ3n) is 5.72. The first-order valence-corrected chi connectivity index (χ1v) is 9.54. The fraction of sp³-hybridized carbons (Fsp3) is 0.350. The number of nitrogens with zero attached hydrogens (tertiary/aromatic N) is 1. The van der Waals surface area contributed by atoms with Crippen LogP contribution in [-0.4, -0.2) is 32.2 Å². The molecule has 3 aromatic rings. The van der Waals surface area contributed by atoms with E-state index in [4.69, 9.17) is 11.6 Å². The summed E-state index contributed by atoms with van der Waals surface area (Å²) in [5, 5.41) is 31.7. The number of phenolic OH excluding ortho intramolecular Hbond substituents is 1. The zero-order valence-corrected chi connectivity index (χ0v) is 16.1. The Balaban J connectivity index is 1.92. The number of rotatable bonds is 3. The van der Waals surface area contributed by atoms with Crippen LogP contribution in [0.2, 0.25) is 5.02 Å². The molecule has 29 heavy (non-hydrogen) atoms. The van der Waals surface area contributed by atoms with Crippen LogP contribution in [0.5, 0.6) is 5.75 Å². The average Bonchev–Trinajstić information content (AvgIpc) is 3.15. The van der Waals surface area contributed by atoms with Gasteiger partial charge in [0.15, 0.2) is 5.60 Å². The van der Waals surface area contributed by atoms with Gasteiger partial charge >= 0.3 is 6.18 Å². The number of hydrogen-bond acceptors (Lipinski definition) is 4.